The number of hydrogen-bond acceptors (Lipinski definition) is 6. The molecule has 0 atom stereocenters. The van der Waals surface area contributed by atoms with E-state index in [9.17, 15) is 4.79 Å². The van der Waals surface area contributed by atoms with E-state index in [-0.39, 0.29) is 5.91 Å². The van der Waals surface area contributed by atoms with Crippen molar-refractivity contribution >= 4 is 22.6 Å². The highest BCUT2D eigenvalue weighted by Gasteiger charge is 2.19. The van der Waals surface area contributed by atoms with E-state index in [1.807, 2.05) is 18.5 Å². The van der Waals surface area contributed by atoms with Crippen LogP contribution in [-0.4, -0.2) is 42.0 Å². The van der Waals surface area contributed by atoms with Crippen LogP contribution >= 0.6 is 0 Å². The molecular weight excluding hydrogens is 468 g/mol. The van der Waals surface area contributed by atoms with Gasteiger partial charge in [0.15, 0.2) is 17.1 Å². The van der Waals surface area contributed by atoms with E-state index in [0.29, 0.717) is 35.8 Å². The molecule has 1 amide bonds. The third kappa shape index (κ3) is 4.96. The highest BCUT2D eigenvalue weighted by atomic mass is 16.5. The van der Waals surface area contributed by atoms with E-state index in [1.165, 1.54) is 11.1 Å². The Bertz CT molecular complexity index is 1460. The van der Waals surface area contributed by atoms with Gasteiger partial charge in [-0.05, 0) is 75.4 Å². The largest absolute Gasteiger partial charge is 0.493 e. The average Bonchev–Trinajstić information content (AvgIpc) is 3.20. The summed E-state index contributed by atoms with van der Waals surface area (Å²) in [5.41, 5.74) is 8.84. The molecular formula is C29H34N4O4. The molecule has 0 saturated carbocycles. The lowest BCUT2D eigenvalue weighted by atomic mass is 9.99. The molecule has 0 fully saturated rings. The minimum atomic E-state index is -0.115. The second-order valence-corrected chi connectivity index (χ2v) is 9.23. The molecule has 4 rings (SSSR count). The number of benzene rings is 2. The molecule has 0 bridgehead atoms. The van der Waals surface area contributed by atoms with E-state index in [1.54, 1.807) is 33.5 Å². The van der Waals surface area contributed by atoms with Crippen molar-refractivity contribution in [2.24, 2.45) is 0 Å². The molecule has 0 aliphatic heterocycles. The van der Waals surface area contributed by atoms with Crippen molar-refractivity contribution in [1.82, 2.24) is 14.8 Å². The zero-order chi connectivity index (χ0) is 26.9. The summed E-state index contributed by atoms with van der Waals surface area (Å²) in [6.45, 7) is 10.3. The minimum Gasteiger partial charge on any atom is -0.493 e. The number of aryl methyl sites for hydroxylation is 5. The quantitative estimate of drug-likeness (QED) is 0.339. The monoisotopic (exact) mass is 502 g/mol. The molecule has 37 heavy (non-hydrogen) atoms. The number of amides is 1. The van der Waals surface area contributed by atoms with E-state index >= 15 is 0 Å². The summed E-state index contributed by atoms with van der Waals surface area (Å²) in [5, 5.41) is 8.79. The summed E-state index contributed by atoms with van der Waals surface area (Å²) in [7, 11) is 4.63. The van der Waals surface area contributed by atoms with Crippen molar-refractivity contribution in [3.05, 3.63) is 64.0 Å². The Morgan fingerprint density at radius 1 is 0.892 bits per heavy atom. The van der Waals surface area contributed by atoms with Crippen LogP contribution in [0.15, 0.2) is 30.3 Å². The Morgan fingerprint density at radius 2 is 1.57 bits per heavy atom. The molecule has 0 radical (unpaired) electrons. The number of nitrogens with zero attached hydrogens (tertiary/aromatic N) is 3. The number of ether oxygens (including phenoxy) is 3. The van der Waals surface area contributed by atoms with Gasteiger partial charge in [0.05, 0.1) is 32.7 Å². The molecule has 0 aliphatic carbocycles. The zero-order valence-corrected chi connectivity index (χ0v) is 22.8. The Kier molecular flexibility index (Phi) is 7.38. The number of carbonyl (C=O) groups excluding carboxylic acids is 1. The summed E-state index contributed by atoms with van der Waals surface area (Å²) >= 11 is 0. The van der Waals surface area contributed by atoms with Crippen molar-refractivity contribution in [1.29, 1.82) is 0 Å². The fourth-order valence-electron chi connectivity index (χ4n) is 4.73. The van der Waals surface area contributed by atoms with Gasteiger partial charge < -0.3 is 19.5 Å². The third-order valence-corrected chi connectivity index (χ3v) is 6.86. The summed E-state index contributed by atoms with van der Waals surface area (Å²) in [6, 6.07) is 9.74. The van der Waals surface area contributed by atoms with Crippen molar-refractivity contribution in [3.63, 3.8) is 0 Å². The van der Waals surface area contributed by atoms with Crippen molar-refractivity contribution in [2.45, 2.75) is 47.5 Å². The van der Waals surface area contributed by atoms with Crippen LogP contribution in [0.25, 0.3) is 16.7 Å². The van der Waals surface area contributed by atoms with E-state index < -0.39 is 0 Å². The molecule has 2 aromatic heterocycles. The predicted octanol–water partition coefficient (Wildman–Crippen LogP) is 5.56. The smallest absolute Gasteiger partial charge is 0.224 e. The number of nitrogens with one attached hydrogen (secondary N) is 1. The highest BCUT2D eigenvalue weighted by molar-refractivity contribution is 5.92. The minimum absolute atomic E-state index is 0.115. The van der Waals surface area contributed by atoms with Crippen LogP contribution in [0.3, 0.4) is 0 Å². The average molecular weight is 503 g/mol. The standard InChI is InChI=1S/C29H34N4O4/c1-16-9-10-22(13-17(16)2)33-29-27(20(5)32-33)18(3)23(19(4)30-29)11-12-26(34)31-21-14-24(35-6)28(37-8)25(15-21)36-7/h9-10,13-15H,11-12H2,1-8H3,(H,31,34). The van der Waals surface area contributed by atoms with Crippen LogP contribution in [-0.2, 0) is 11.2 Å². The number of methoxy groups -OCH3 is 3. The van der Waals surface area contributed by atoms with Crippen LogP contribution in [0.1, 0.15) is 40.1 Å². The molecule has 194 valence electrons. The molecule has 0 unspecified atom stereocenters. The van der Waals surface area contributed by atoms with Gasteiger partial charge >= 0.3 is 0 Å². The van der Waals surface area contributed by atoms with E-state index in [2.05, 4.69) is 44.3 Å². The van der Waals surface area contributed by atoms with Crippen molar-refractivity contribution in [2.75, 3.05) is 26.6 Å². The lowest BCUT2D eigenvalue weighted by molar-refractivity contribution is -0.116. The molecule has 0 saturated heterocycles. The predicted molar refractivity (Wildman–Crippen MR) is 146 cm³/mol. The zero-order valence-electron chi connectivity index (χ0n) is 22.8. The van der Waals surface area contributed by atoms with Gasteiger partial charge in [-0.1, -0.05) is 6.07 Å². The van der Waals surface area contributed by atoms with E-state index in [0.717, 1.165) is 39.2 Å². The Hall–Kier alpha value is -4.07. The summed E-state index contributed by atoms with van der Waals surface area (Å²) in [4.78, 5) is 17.8. The number of pyridine rings is 1. The Labute approximate surface area is 217 Å². The summed E-state index contributed by atoms with van der Waals surface area (Å²) in [5.74, 6) is 1.32. The maximum atomic E-state index is 12.9. The van der Waals surface area contributed by atoms with Gasteiger partial charge in [0.1, 0.15) is 0 Å². The number of anilines is 1. The normalized spacial score (nSPS) is 11.0. The number of fused-ring (bicyclic) bond motifs is 1. The molecule has 0 aliphatic rings. The molecule has 4 aromatic rings. The van der Waals surface area contributed by atoms with Gasteiger partial charge in [0, 0.05) is 35.3 Å². The van der Waals surface area contributed by atoms with Crippen LogP contribution in [0.2, 0.25) is 0 Å². The molecule has 1 N–H and O–H groups in total. The van der Waals surface area contributed by atoms with Gasteiger partial charge in [-0.3, -0.25) is 4.79 Å². The first kappa shape index (κ1) is 26.0. The molecule has 8 nitrogen and oxygen atoms in total. The fraction of sp³-hybridized carbons (Fsp3) is 0.345. The van der Waals surface area contributed by atoms with Crippen molar-refractivity contribution in [3.8, 4) is 22.9 Å². The first-order chi connectivity index (χ1) is 17.7. The number of carbonyl (C=O) groups is 1. The lowest BCUT2D eigenvalue weighted by Crippen LogP contribution is -2.14. The lowest BCUT2D eigenvalue weighted by Gasteiger charge is -2.15. The van der Waals surface area contributed by atoms with Crippen LogP contribution in [0.5, 0.6) is 17.2 Å². The number of hydrogen-bond donors (Lipinski definition) is 1. The summed E-state index contributed by atoms with van der Waals surface area (Å²) < 4.78 is 18.0. The number of rotatable bonds is 8. The first-order valence-electron chi connectivity index (χ1n) is 12.2. The molecule has 2 aromatic carbocycles. The SMILES string of the molecule is COc1cc(NC(=O)CCc2c(C)nc3c(c(C)nn3-c3ccc(C)c(C)c3)c2C)cc(OC)c1OC. The van der Waals surface area contributed by atoms with Gasteiger partial charge in [0.2, 0.25) is 11.7 Å². The maximum Gasteiger partial charge on any atom is 0.224 e. The molecule has 8 heteroatoms. The maximum absolute atomic E-state index is 12.9. The third-order valence-electron chi connectivity index (χ3n) is 6.86. The second-order valence-electron chi connectivity index (χ2n) is 9.23. The van der Waals surface area contributed by atoms with Crippen LogP contribution in [0.4, 0.5) is 5.69 Å². The first-order valence-corrected chi connectivity index (χ1v) is 12.2. The molecule has 2 heterocycles. The molecule has 0 spiro atoms. The van der Waals surface area contributed by atoms with Crippen molar-refractivity contribution < 1.29 is 19.0 Å². The van der Waals surface area contributed by atoms with Crippen LogP contribution < -0.4 is 19.5 Å². The highest BCUT2D eigenvalue weighted by Crippen LogP contribution is 2.40. The van der Waals surface area contributed by atoms with Gasteiger partial charge in [0.25, 0.3) is 0 Å². The topological polar surface area (TPSA) is 87.5 Å². The van der Waals surface area contributed by atoms with Crippen LogP contribution in [0, 0.1) is 34.6 Å². The van der Waals surface area contributed by atoms with Gasteiger partial charge in [-0.2, -0.15) is 5.10 Å². The Balaban J connectivity index is 1.59. The Morgan fingerprint density at radius 3 is 2.16 bits per heavy atom. The van der Waals surface area contributed by atoms with Gasteiger partial charge in [-0.15, -0.1) is 0 Å². The number of aromatic nitrogens is 3. The van der Waals surface area contributed by atoms with E-state index in [4.69, 9.17) is 24.3 Å². The van der Waals surface area contributed by atoms with Gasteiger partial charge in [-0.25, -0.2) is 9.67 Å². The second kappa shape index (κ2) is 10.5. The fourth-order valence-corrected chi connectivity index (χ4v) is 4.73. The summed E-state index contributed by atoms with van der Waals surface area (Å²) in [6.07, 6.45) is 0.862.